The van der Waals surface area contributed by atoms with Crippen LogP contribution < -0.4 is 5.73 Å². The van der Waals surface area contributed by atoms with E-state index >= 15 is 0 Å². The highest BCUT2D eigenvalue weighted by molar-refractivity contribution is 5.37. The molecule has 1 aromatic heterocycles. The quantitative estimate of drug-likeness (QED) is 0.875. The smallest absolute Gasteiger partial charge is 0.0867 e. The van der Waals surface area contributed by atoms with E-state index in [-0.39, 0.29) is 0 Å². The monoisotopic (exact) mass is 242 g/mol. The zero-order valence-corrected chi connectivity index (χ0v) is 10.6. The summed E-state index contributed by atoms with van der Waals surface area (Å²) in [4.78, 5) is 0. The van der Waals surface area contributed by atoms with Crippen LogP contribution in [0.1, 0.15) is 35.7 Å². The number of aromatic nitrogens is 3. The van der Waals surface area contributed by atoms with Crippen LogP contribution in [0, 0.1) is 6.92 Å². The fourth-order valence-corrected chi connectivity index (χ4v) is 2.67. The minimum absolute atomic E-state index is 0.394. The number of benzene rings is 1. The van der Waals surface area contributed by atoms with Crippen LogP contribution in [0.3, 0.4) is 0 Å². The molecule has 0 aliphatic heterocycles. The van der Waals surface area contributed by atoms with Gasteiger partial charge in [-0.25, -0.2) is 4.68 Å². The van der Waals surface area contributed by atoms with Crippen molar-refractivity contribution < 1.29 is 0 Å². The van der Waals surface area contributed by atoms with E-state index in [1.54, 1.807) is 0 Å². The molecule has 94 valence electrons. The predicted octanol–water partition coefficient (Wildman–Crippen LogP) is 1.95. The lowest BCUT2D eigenvalue weighted by Crippen LogP contribution is -2.21. The molecule has 4 nitrogen and oxygen atoms in total. The predicted molar refractivity (Wildman–Crippen MR) is 70.8 cm³/mol. The Labute approximate surface area is 107 Å². The fourth-order valence-electron chi connectivity index (χ4n) is 2.67. The summed E-state index contributed by atoms with van der Waals surface area (Å²) in [5.74, 6) is 0.394. The molecule has 0 saturated heterocycles. The van der Waals surface area contributed by atoms with E-state index in [0.29, 0.717) is 12.5 Å². The standard InChI is InChI=1S/C14H18N4/c1-10-5-7-12(8-6-10)18-14-11(9-15)3-2-4-13(14)16-17-18/h5-8,11H,2-4,9,15H2,1H3. The van der Waals surface area contributed by atoms with Crippen LogP contribution in [-0.4, -0.2) is 21.5 Å². The number of nitrogens with two attached hydrogens (primary N) is 1. The van der Waals surface area contributed by atoms with Crippen molar-refractivity contribution in [3.63, 3.8) is 0 Å². The first-order chi connectivity index (χ1) is 8.79. The maximum Gasteiger partial charge on any atom is 0.0867 e. The highest BCUT2D eigenvalue weighted by atomic mass is 15.4. The summed E-state index contributed by atoms with van der Waals surface area (Å²) >= 11 is 0. The van der Waals surface area contributed by atoms with E-state index in [4.69, 9.17) is 5.73 Å². The van der Waals surface area contributed by atoms with Crippen LogP contribution >= 0.6 is 0 Å². The number of hydrogen-bond donors (Lipinski definition) is 1. The Hall–Kier alpha value is -1.68. The molecule has 3 rings (SSSR count). The number of nitrogens with zero attached hydrogens (tertiary/aromatic N) is 3. The average molecular weight is 242 g/mol. The lowest BCUT2D eigenvalue weighted by atomic mass is 9.89. The molecular formula is C14H18N4. The molecule has 4 heteroatoms. The van der Waals surface area contributed by atoms with Gasteiger partial charge in [0.2, 0.25) is 0 Å². The Bertz CT molecular complexity index is 541. The Morgan fingerprint density at radius 2 is 2.11 bits per heavy atom. The summed E-state index contributed by atoms with van der Waals surface area (Å²) in [7, 11) is 0. The summed E-state index contributed by atoms with van der Waals surface area (Å²) in [5, 5.41) is 8.62. The molecule has 0 radical (unpaired) electrons. The van der Waals surface area contributed by atoms with Crippen LogP contribution in [0.5, 0.6) is 0 Å². The molecule has 1 unspecified atom stereocenters. The van der Waals surface area contributed by atoms with Crippen LogP contribution in [0.25, 0.3) is 5.69 Å². The summed E-state index contributed by atoms with van der Waals surface area (Å²) in [5.41, 5.74) is 10.5. The second-order valence-electron chi connectivity index (χ2n) is 4.99. The van der Waals surface area contributed by atoms with Crippen molar-refractivity contribution in [2.24, 2.45) is 5.73 Å². The van der Waals surface area contributed by atoms with Crippen LogP contribution in [0.4, 0.5) is 0 Å². The summed E-state index contributed by atoms with van der Waals surface area (Å²) in [6.07, 6.45) is 3.34. The van der Waals surface area contributed by atoms with Gasteiger partial charge in [0.1, 0.15) is 0 Å². The number of rotatable bonds is 2. The molecule has 1 aromatic carbocycles. The van der Waals surface area contributed by atoms with Gasteiger partial charge < -0.3 is 5.73 Å². The van der Waals surface area contributed by atoms with Gasteiger partial charge in [-0.2, -0.15) is 0 Å². The van der Waals surface area contributed by atoms with Crippen molar-refractivity contribution in [2.45, 2.75) is 32.1 Å². The first-order valence-electron chi connectivity index (χ1n) is 6.51. The van der Waals surface area contributed by atoms with Gasteiger partial charge in [0.15, 0.2) is 0 Å². The molecule has 0 bridgehead atoms. The van der Waals surface area contributed by atoms with Crippen molar-refractivity contribution in [1.82, 2.24) is 15.0 Å². The van der Waals surface area contributed by atoms with Crippen LogP contribution in [-0.2, 0) is 6.42 Å². The molecule has 1 aliphatic carbocycles. The molecule has 1 atom stereocenters. The first-order valence-corrected chi connectivity index (χ1v) is 6.51. The SMILES string of the molecule is Cc1ccc(-n2nnc3c2C(CN)CCC3)cc1. The van der Waals surface area contributed by atoms with Gasteiger partial charge in [0.25, 0.3) is 0 Å². The van der Waals surface area contributed by atoms with Gasteiger partial charge in [-0.05, 0) is 38.3 Å². The molecule has 0 saturated carbocycles. The number of hydrogen-bond acceptors (Lipinski definition) is 3. The Balaban J connectivity index is 2.08. The number of fused-ring (bicyclic) bond motifs is 1. The molecule has 1 aliphatic rings. The van der Waals surface area contributed by atoms with Crippen molar-refractivity contribution >= 4 is 0 Å². The third-order valence-electron chi connectivity index (χ3n) is 3.69. The highest BCUT2D eigenvalue weighted by Gasteiger charge is 2.25. The lowest BCUT2D eigenvalue weighted by molar-refractivity contribution is 0.533. The number of aryl methyl sites for hydroxylation is 2. The topological polar surface area (TPSA) is 56.7 Å². The van der Waals surface area contributed by atoms with Gasteiger partial charge in [0, 0.05) is 12.5 Å². The molecule has 2 aromatic rings. The summed E-state index contributed by atoms with van der Waals surface area (Å²) < 4.78 is 1.96. The Kier molecular flexibility index (Phi) is 2.88. The van der Waals surface area contributed by atoms with E-state index in [1.165, 1.54) is 17.7 Å². The van der Waals surface area contributed by atoms with Gasteiger partial charge >= 0.3 is 0 Å². The van der Waals surface area contributed by atoms with Crippen molar-refractivity contribution in [3.8, 4) is 5.69 Å². The molecule has 18 heavy (non-hydrogen) atoms. The molecule has 2 N–H and O–H groups in total. The third kappa shape index (κ3) is 1.82. The largest absolute Gasteiger partial charge is 0.330 e. The van der Waals surface area contributed by atoms with E-state index in [0.717, 1.165) is 24.2 Å². The average Bonchev–Trinajstić information content (AvgIpc) is 2.83. The minimum Gasteiger partial charge on any atom is -0.330 e. The van der Waals surface area contributed by atoms with Crippen molar-refractivity contribution in [1.29, 1.82) is 0 Å². The maximum atomic E-state index is 5.88. The zero-order chi connectivity index (χ0) is 12.5. The first kappa shape index (κ1) is 11.4. The molecule has 0 spiro atoms. The summed E-state index contributed by atoms with van der Waals surface area (Å²) in [6.45, 7) is 2.76. The maximum absolute atomic E-state index is 5.88. The second-order valence-corrected chi connectivity index (χ2v) is 4.99. The van der Waals surface area contributed by atoms with Gasteiger partial charge in [-0.15, -0.1) is 5.10 Å². The third-order valence-corrected chi connectivity index (χ3v) is 3.69. The minimum atomic E-state index is 0.394. The molecule has 1 heterocycles. The molecule has 0 amide bonds. The van der Waals surface area contributed by atoms with Gasteiger partial charge in [-0.3, -0.25) is 0 Å². The van der Waals surface area contributed by atoms with Gasteiger partial charge in [-0.1, -0.05) is 22.9 Å². The molecular weight excluding hydrogens is 224 g/mol. The Morgan fingerprint density at radius 1 is 1.33 bits per heavy atom. The van der Waals surface area contributed by atoms with E-state index in [9.17, 15) is 0 Å². The van der Waals surface area contributed by atoms with Crippen molar-refractivity contribution in [2.75, 3.05) is 6.54 Å². The fraction of sp³-hybridized carbons (Fsp3) is 0.429. The van der Waals surface area contributed by atoms with Gasteiger partial charge in [0.05, 0.1) is 17.1 Å². The Morgan fingerprint density at radius 3 is 2.83 bits per heavy atom. The summed E-state index contributed by atoms with van der Waals surface area (Å²) in [6, 6.07) is 8.38. The van der Waals surface area contributed by atoms with E-state index in [2.05, 4.69) is 41.5 Å². The van der Waals surface area contributed by atoms with E-state index in [1.807, 2.05) is 4.68 Å². The zero-order valence-electron chi connectivity index (χ0n) is 10.6. The van der Waals surface area contributed by atoms with E-state index < -0.39 is 0 Å². The lowest BCUT2D eigenvalue weighted by Gasteiger charge is -2.21. The normalized spacial score (nSPS) is 18.7. The van der Waals surface area contributed by atoms with Crippen LogP contribution in [0.2, 0.25) is 0 Å². The second kappa shape index (κ2) is 4.53. The van der Waals surface area contributed by atoms with Crippen molar-refractivity contribution in [3.05, 3.63) is 41.2 Å². The molecule has 0 fully saturated rings. The highest BCUT2D eigenvalue weighted by Crippen LogP contribution is 2.30. The van der Waals surface area contributed by atoms with Crippen LogP contribution in [0.15, 0.2) is 24.3 Å².